The minimum absolute atomic E-state index is 0.0338. The highest BCUT2D eigenvalue weighted by Crippen LogP contribution is 2.48. The molecule has 0 aromatic rings. The first-order chi connectivity index (χ1) is 19.5. The fourth-order valence-corrected chi connectivity index (χ4v) is 6.21. The van der Waals surface area contributed by atoms with Gasteiger partial charge in [-0.15, -0.1) is 0 Å². The Morgan fingerprint density at radius 2 is 1.24 bits per heavy atom. The van der Waals surface area contributed by atoms with Gasteiger partial charge in [0.2, 0.25) is 18.5 Å². The van der Waals surface area contributed by atoms with Gasteiger partial charge in [-0.3, -0.25) is 19.5 Å². The van der Waals surface area contributed by atoms with Crippen molar-refractivity contribution in [1.29, 1.82) is 5.41 Å². The van der Waals surface area contributed by atoms with Gasteiger partial charge in [0.25, 0.3) is 0 Å². The minimum Gasteiger partial charge on any atom is -0.480 e. The summed E-state index contributed by atoms with van der Waals surface area (Å²) in [4.78, 5) is 37.5. The van der Waals surface area contributed by atoms with Crippen LogP contribution in [0.3, 0.4) is 0 Å². The molecule has 236 valence electrons. The van der Waals surface area contributed by atoms with Crippen LogP contribution in [-0.4, -0.2) is 72.1 Å². The molecule has 0 aliphatic heterocycles. The Hall–Kier alpha value is -2.57. The lowest BCUT2D eigenvalue weighted by atomic mass is 9.98. The molecule has 14 nitrogen and oxygen atoms in total. The molecular weight excluding hydrogens is 561 g/mol. The summed E-state index contributed by atoms with van der Waals surface area (Å²) >= 11 is 0. The van der Waals surface area contributed by atoms with Crippen molar-refractivity contribution in [2.24, 2.45) is 0 Å². The van der Waals surface area contributed by atoms with E-state index in [4.69, 9.17) is 33.4 Å². The van der Waals surface area contributed by atoms with E-state index in [0.717, 1.165) is 43.4 Å². The predicted molar refractivity (Wildman–Crippen MR) is 147 cm³/mol. The van der Waals surface area contributed by atoms with Crippen molar-refractivity contribution < 1.29 is 52.1 Å². The molecule has 0 heterocycles. The van der Waals surface area contributed by atoms with Crippen LogP contribution in [0.25, 0.3) is 0 Å². The topological polar surface area (TPSA) is 183 Å². The molecule has 0 radical (unpaired) electrons. The first-order valence-corrected chi connectivity index (χ1v) is 16.1. The fourth-order valence-electron chi connectivity index (χ4n) is 4.63. The number of ether oxygens (including phenoxy) is 4. The zero-order valence-electron chi connectivity index (χ0n) is 24.5. The van der Waals surface area contributed by atoms with E-state index in [1.807, 2.05) is 0 Å². The van der Waals surface area contributed by atoms with E-state index < -0.39 is 50.6 Å². The molecule has 0 aromatic heterocycles. The summed E-state index contributed by atoms with van der Waals surface area (Å²) in [5.74, 6) is -1.79. The smallest absolute Gasteiger partial charge is 0.480 e. The van der Waals surface area contributed by atoms with E-state index in [9.17, 15) is 24.1 Å². The van der Waals surface area contributed by atoms with Crippen LogP contribution in [0, 0.1) is 5.41 Å². The highest BCUT2D eigenvalue weighted by molar-refractivity contribution is 7.52. The summed E-state index contributed by atoms with van der Waals surface area (Å²) in [7, 11) is -3.30. The van der Waals surface area contributed by atoms with Gasteiger partial charge in [0.05, 0.1) is 0 Å². The van der Waals surface area contributed by atoms with Gasteiger partial charge in [0.1, 0.15) is 18.2 Å². The number of aliphatic carboxylic acids is 1. The van der Waals surface area contributed by atoms with Gasteiger partial charge in [-0.05, 0) is 57.8 Å². The lowest BCUT2D eigenvalue weighted by molar-refractivity contribution is -0.141. The van der Waals surface area contributed by atoms with Gasteiger partial charge in [-0.25, -0.2) is 18.9 Å². The van der Waals surface area contributed by atoms with Crippen molar-refractivity contribution in [3.8, 4) is 0 Å². The van der Waals surface area contributed by atoms with Gasteiger partial charge in [0.15, 0.2) is 0 Å². The van der Waals surface area contributed by atoms with E-state index in [1.54, 1.807) is 20.8 Å². The average molecular weight is 608 g/mol. The Bertz CT molecular complexity index is 861. The van der Waals surface area contributed by atoms with E-state index in [0.29, 0.717) is 25.7 Å². The Morgan fingerprint density at radius 3 is 1.59 bits per heavy atom. The second-order valence-corrected chi connectivity index (χ2v) is 11.8. The Balaban J connectivity index is 2.15. The van der Waals surface area contributed by atoms with Crippen LogP contribution in [-0.2, 0) is 37.4 Å². The second kappa shape index (κ2) is 17.4. The number of hydrogen-bond acceptors (Lipinski definition) is 11. The molecule has 41 heavy (non-hydrogen) atoms. The lowest BCUT2D eigenvalue weighted by Crippen LogP contribution is -2.47. The molecular formula is C26H46N3O11P. The zero-order valence-corrected chi connectivity index (χ0v) is 25.4. The number of carbonyl (C=O) groups is 3. The largest absolute Gasteiger partial charge is 0.510 e. The molecule has 2 aliphatic carbocycles. The molecule has 0 spiro atoms. The average Bonchev–Trinajstić information content (AvgIpc) is 2.93. The highest BCUT2D eigenvalue weighted by atomic mass is 31.2. The van der Waals surface area contributed by atoms with Gasteiger partial charge in [-0.1, -0.05) is 33.6 Å². The number of carbonyl (C=O) groups excluding carboxylic acids is 2. The molecule has 3 unspecified atom stereocenters. The summed E-state index contributed by atoms with van der Waals surface area (Å²) in [6.45, 7) is 4.83. The molecule has 0 saturated heterocycles. The van der Waals surface area contributed by atoms with Gasteiger partial charge < -0.3 is 29.0 Å². The van der Waals surface area contributed by atoms with E-state index in [2.05, 4.69) is 5.09 Å². The number of guanidine groups is 1. The summed E-state index contributed by atoms with van der Waals surface area (Å²) in [6, 6.07) is -1.11. The van der Waals surface area contributed by atoms with E-state index in [-0.39, 0.29) is 31.5 Å². The monoisotopic (exact) mass is 607 g/mol. The van der Waals surface area contributed by atoms with Crippen molar-refractivity contribution in [3.05, 3.63) is 0 Å². The Kier molecular flexibility index (Phi) is 14.7. The molecule has 0 bridgehead atoms. The van der Waals surface area contributed by atoms with Crippen molar-refractivity contribution in [3.63, 3.8) is 0 Å². The van der Waals surface area contributed by atoms with Crippen molar-refractivity contribution in [2.75, 3.05) is 7.05 Å². The molecule has 2 fully saturated rings. The summed E-state index contributed by atoms with van der Waals surface area (Å²) in [5.41, 5.74) is 0. The number of likely N-dealkylation sites (N-methyl/N-ethyl adjacent to an activating group) is 1. The van der Waals surface area contributed by atoms with Crippen LogP contribution < -0.4 is 5.09 Å². The SMILES string of the molecule is CCC(OC(=O)OC1CCCCC1)OP(=O)(NC(=N)N(C)C(CC)C(=O)O)OC(CC)OC(=O)OC1CCCCC1. The Labute approximate surface area is 241 Å². The summed E-state index contributed by atoms with van der Waals surface area (Å²) < 4.78 is 46.3. The third kappa shape index (κ3) is 12.1. The molecule has 0 aromatic carbocycles. The molecule has 3 atom stereocenters. The quantitative estimate of drug-likeness (QED) is 0.0699. The highest BCUT2D eigenvalue weighted by Gasteiger charge is 2.38. The second-order valence-electron chi connectivity index (χ2n) is 10.2. The van der Waals surface area contributed by atoms with Crippen LogP contribution >= 0.6 is 7.75 Å². The molecule has 0 amide bonds. The minimum atomic E-state index is -4.63. The van der Waals surface area contributed by atoms with Crippen molar-refractivity contribution >= 4 is 32.0 Å². The first-order valence-electron chi connectivity index (χ1n) is 14.5. The van der Waals surface area contributed by atoms with Crippen LogP contribution in [0.15, 0.2) is 0 Å². The lowest BCUT2D eigenvalue weighted by Gasteiger charge is -2.31. The molecule has 2 rings (SSSR count). The number of nitrogens with zero attached hydrogens (tertiary/aromatic N) is 1. The zero-order chi connectivity index (χ0) is 30.4. The van der Waals surface area contributed by atoms with Crippen LogP contribution in [0.2, 0.25) is 0 Å². The normalized spacial score (nSPS) is 20.0. The maximum absolute atomic E-state index is 14.0. The van der Waals surface area contributed by atoms with Gasteiger partial charge in [0, 0.05) is 19.9 Å². The van der Waals surface area contributed by atoms with Crippen LogP contribution in [0.1, 0.15) is 104 Å². The molecule has 3 N–H and O–H groups in total. The summed E-state index contributed by atoms with van der Waals surface area (Å²) in [6.07, 6.45) is 3.54. The van der Waals surface area contributed by atoms with E-state index in [1.165, 1.54) is 7.05 Å². The molecule has 2 aliphatic rings. The first kappa shape index (κ1) is 34.6. The summed E-state index contributed by atoms with van der Waals surface area (Å²) in [5, 5.41) is 20.1. The number of rotatable bonds is 14. The van der Waals surface area contributed by atoms with Crippen molar-refractivity contribution in [2.45, 2.75) is 135 Å². The van der Waals surface area contributed by atoms with Crippen LogP contribution in [0.4, 0.5) is 9.59 Å². The van der Waals surface area contributed by atoms with Gasteiger partial charge in [-0.2, -0.15) is 0 Å². The number of hydrogen-bond donors (Lipinski definition) is 3. The number of carboxylic acid groups (broad SMARTS) is 1. The predicted octanol–water partition coefficient (Wildman–Crippen LogP) is 5.89. The third-order valence-electron chi connectivity index (χ3n) is 7.00. The number of nitrogens with one attached hydrogen (secondary N) is 2. The van der Waals surface area contributed by atoms with Crippen molar-refractivity contribution in [1.82, 2.24) is 9.99 Å². The molecule has 2 saturated carbocycles. The van der Waals surface area contributed by atoms with Gasteiger partial charge >= 0.3 is 26.0 Å². The number of carboxylic acids is 1. The van der Waals surface area contributed by atoms with Crippen LogP contribution in [0.5, 0.6) is 0 Å². The van der Waals surface area contributed by atoms with E-state index >= 15 is 0 Å². The molecule has 15 heteroatoms. The Morgan fingerprint density at radius 1 is 0.829 bits per heavy atom. The fraction of sp³-hybridized carbons (Fsp3) is 0.846. The standard InChI is InChI=1S/C26H46N3O11P/c1-5-20(23(30)31)29(4)24(27)28-41(34,39-21(6-2)37-25(32)35-18-14-10-8-11-15-18)40-22(7-3)38-26(33)36-19-16-12-9-13-17-19/h18-22H,5-17H2,1-4H3,(H,30,31)(H2,27,28,34). The third-order valence-corrected chi connectivity index (χ3v) is 8.51. The maximum Gasteiger partial charge on any atom is 0.510 e. The maximum atomic E-state index is 14.0.